The third-order valence-electron chi connectivity index (χ3n) is 5.61. The van der Waals surface area contributed by atoms with Crippen LogP contribution in [0.4, 0.5) is 5.95 Å². The summed E-state index contributed by atoms with van der Waals surface area (Å²) in [5, 5.41) is 13.7. The molecule has 0 saturated carbocycles. The molecule has 0 radical (unpaired) electrons. The largest absolute Gasteiger partial charge is 0.494 e. The number of aromatic nitrogens is 7. The van der Waals surface area contributed by atoms with Gasteiger partial charge in [-0.3, -0.25) is 9.48 Å². The van der Waals surface area contributed by atoms with Crippen molar-refractivity contribution in [1.82, 2.24) is 34.7 Å². The van der Waals surface area contributed by atoms with E-state index in [1.165, 1.54) is 0 Å². The molecule has 1 saturated heterocycles. The van der Waals surface area contributed by atoms with Gasteiger partial charge in [-0.05, 0) is 24.5 Å². The lowest BCUT2D eigenvalue weighted by atomic mass is 10.0. The van der Waals surface area contributed by atoms with E-state index in [4.69, 9.17) is 15.2 Å². The van der Waals surface area contributed by atoms with E-state index in [0.29, 0.717) is 48.1 Å². The van der Waals surface area contributed by atoms with Crippen molar-refractivity contribution in [3.05, 3.63) is 42.4 Å². The van der Waals surface area contributed by atoms with Gasteiger partial charge < -0.3 is 15.2 Å². The number of rotatable bonds is 8. The minimum absolute atomic E-state index is 0.129. The fourth-order valence-corrected chi connectivity index (χ4v) is 4.04. The van der Waals surface area contributed by atoms with Gasteiger partial charge in [0.2, 0.25) is 5.95 Å². The van der Waals surface area contributed by atoms with Gasteiger partial charge in [0.1, 0.15) is 22.7 Å². The molecule has 1 fully saturated rings. The van der Waals surface area contributed by atoms with Crippen LogP contribution in [-0.4, -0.2) is 60.8 Å². The number of ether oxygens (including phenoxy) is 2. The summed E-state index contributed by atoms with van der Waals surface area (Å²) in [5.74, 6) is 1.22. The van der Waals surface area contributed by atoms with E-state index in [0.717, 1.165) is 24.1 Å². The second kappa shape index (κ2) is 8.94. The number of nitrogens with zero attached hydrogens (tertiary/aromatic N) is 7. The summed E-state index contributed by atoms with van der Waals surface area (Å²) >= 11 is 0. The highest BCUT2D eigenvalue weighted by Gasteiger charge is 2.19. The molecule has 11 heteroatoms. The monoisotopic (exact) mass is 448 g/mol. The molecular formula is C22H24N8O3. The number of methoxy groups -OCH3 is 1. The maximum atomic E-state index is 12.3. The van der Waals surface area contributed by atoms with Gasteiger partial charge in [0.15, 0.2) is 5.78 Å². The molecule has 1 aromatic carbocycles. The van der Waals surface area contributed by atoms with Crippen molar-refractivity contribution in [2.45, 2.75) is 25.9 Å². The van der Waals surface area contributed by atoms with Crippen molar-refractivity contribution in [1.29, 1.82) is 0 Å². The van der Waals surface area contributed by atoms with Gasteiger partial charge in [-0.2, -0.15) is 5.10 Å². The first-order chi connectivity index (χ1) is 16.1. The van der Waals surface area contributed by atoms with Crippen LogP contribution in [0.2, 0.25) is 0 Å². The molecule has 1 aliphatic rings. The highest BCUT2D eigenvalue weighted by molar-refractivity contribution is 5.95. The number of carbonyl (C=O) groups excluding carboxylic acids is 1. The van der Waals surface area contributed by atoms with Crippen molar-refractivity contribution in [3.63, 3.8) is 0 Å². The van der Waals surface area contributed by atoms with E-state index < -0.39 is 0 Å². The van der Waals surface area contributed by atoms with E-state index in [1.54, 1.807) is 28.9 Å². The molecule has 1 atom stereocenters. The first-order valence-corrected chi connectivity index (χ1v) is 10.7. The molecule has 170 valence electrons. The molecule has 1 aliphatic heterocycles. The van der Waals surface area contributed by atoms with Crippen molar-refractivity contribution < 1.29 is 14.3 Å². The van der Waals surface area contributed by atoms with Gasteiger partial charge >= 0.3 is 0 Å². The fraction of sp³-hybridized carbons (Fsp3) is 0.364. The van der Waals surface area contributed by atoms with Crippen LogP contribution < -0.4 is 10.5 Å². The molecule has 0 spiro atoms. The number of ketones is 1. The molecule has 0 aliphatic carbocycles. The Labute approximate surface area is 189 Å². The highest BCUT2D eigenvalue weighted by atomic mass is 16.5. The Balaban J connectivity index is 1.31. The first-order valence-electron chi connectivity index (χ1n) is 10.7. The first kappa shape index (κ1) is 21.0. The average molecular weight is 448 g/mol. The summed E-state index contributed by atoms with van der Waals surface area (Å²) in [6, 6.07) is 7.44. The summed E-state index contributed by atoms with van der Waals surface area (Å²) in [6.45, 7) is 2.08. The van der Waals surface area contributed by atoms with E-state index in [9.17, 15) is 4.79 Å². The number of anilines is 1. The number of hydrogen-bond donors (Lipinski definition) is 1. The van der Waals surface area contributed by atoms with Gasteiger partial charge in [-0.25, -0.2) is 14.6 Å². The minimum atomic E-state index is 0.129. The minimum Gasteiger partial charge on any atom is -0.494 e. The van der Waals surface area contributed by atoms with Crippen LogP contribution in [-0.2, 0) is 22.6 Å². The number of Topliss-reactive ketones (excluding diaryl/α,β-unsaturated/α-hetero) is 1. The zero-order valence-corrected chi connectivity index (χ0v) is 18.2. The number of para-hydroxylation sites is 1. The third kappa shape index (κ3) is 4.53. The number of fused-ring (bicyclic) bond motifs is 1. The standard InChI is InChI=1S/C22H24N8O3/c1-32-19-4-2-3-17-20(24-22(23)25-21(17)19)18-12-30(28-26-18)10-15-5-7-29(27-15)11-16(31)9-14-6-8-33-13-14/h2-5,7,12,14H,6,8-11,13H2,1H3,(H2,23,24,25)/t14-/m0/s1. The van der Waals surface area contributed by atoms with Gasteiger partial charge in [0, 0.05) is 31.2 Å². The second-order valence-electron chi connectivity index (χ2n) is 8.07. The van der Waals surface area contributed by atoms with Crippen molar-refractivity contribution >= 4 is 22.6 Å². The molecule has 33 heavy (non-hydrogen) atoms. The number of carbonyl (C=O) groups is 1. The van der Waals surface area contributed by atoms with Crippen molar-refractivity contribution in [3.8, 4) is 17.1 Å². The summed E-state index contributed by atoms with van der Waals surface area (Å²) < 4.78 is 14.1. The predicted octanol–water partition coefficient (Wildman–Crippen LogP) is 1.72. The van der Waals surface area contributed by atoms with Gasteiger partial charge in [-0.1, -0.05) is 17.3 Å². The van der Waals surface area contributed by atoms with Crippen LogP contribution in [0, 0.1) is 5.92 Å². The van der Waals surface area contributed by atoms with E-state index >= 15 is 0 Å². The van der Waals surface area contributed by atoms with Crippen molar-refractivity contribution in [2.24, 2.45) is 5.92 Å². The smallest absolute Gasteiger partial charge is 0.221 e. The quantitative estimate of drug-likeness (QED) is 0.427. The van der Waals surface area contributed by atoms with Crippen LogP contribution in [0.3, 0.4) is 0 Å². The third-order valence-corrected chi connectivity index (χ3v) is 5.61. The zero-order valence-electron chi connectivity index (χ0n) is 18.2. The number of hydrogen-bond acceptors (Lipinski definition) is 9. The molecule has 0 unspecified atom stereocenters. The van der Waals surface area contributed by atoms with Crippen LogP contribution in [0.5, 0.6) is 5.75 Å². The van der Waals surface area contributed by atoms with Gasteiger partial charge in [-0.15, -0.1) is 5.10 Å². The summed E-state index contributed by atoms with van der Waals surface area (Å²) in [7, 11) is 1.58. The average Bonchev–Trinajstić information content (AvgIpc) is 3.56. The fourth-order valence-electron chi connectivity index (χ4n) is 4.04. The van der Waals surface area contributed by atoms with Gasteiger partial charge in [0.25, 0.3) is 0 Å². The van der Waals surface area contributed by atoms with Gasteiger partial charge in [0.05, 0.1) is 32.1 Å². The Morgan fingerprint density at radius 2 is 2.18 bits per heavy atom. The summed E-state index contributed by atoms with van der Waals surface area (Å²) in [5.41, 5.74) is 8.46. The molecule has 11 nitrogen and oxygen atoms in total. The number of nitrogens with two attached hydrogens (primary N) is 1. The molecule has 0 bridgehead atoms. The maximum absolute atomic E-state index is 12.3. The molecule has 3 aromatic heterocycles. The lowest BCUT2D eigenvalue weighted by molar-refractivity contribution is -0.120. The highest BCUT2D eigenvalue weighted by Crippen LogP contribution is 2.30. The normalized spacial score (nSPS) is 15.8. The topological polar surface area (TPSA) is 136 Å². The molecule has 5 rings (SSSR count). The lowest BCUT2D eigenvalue weighted by Crippen LogP contribution is -2.15. The number of nitrogen functional groups attached to an aromatic ring is 1. The maximum Gasteiger partial charge on any atom is 0.221 e. The Bertz CT molecular complexity index is 1290. The van der Waals surface area contributed by atoms with Crippen LogP contribution in [0.15, 0.2) is 36.7 Å². The Morgan fingerprint density at radius 1 is 1.27 bits per heavy atom. The Morgan fingerprint density at radius 3 is 3.00 bits per heavy atom. The van der Waals surface area contributed by atoms with E-state index in [1.807, 2.05) is 24.3 Å². The summed E-state index contributed by atoms with van der Waals surface area (Å²) in [4.78, 5) is 21.0. The molecule has 0 amide bonds. The van der Waals surface area contributed by atoms with Crippen LogP contribution >= 0.6 is 0 Å². The van der Waals surface area contributed by atoms with Crippen molar-refractivity contribution in [2.75, 3.05) is 26.1 Å². The molecule has 4 heterocycles. The van der Waals surface area contributed by atoms with Crippen LogP contribution in [0.1, 0.15) is 18.5 Å². The Kier molecular flexibility index (Phi) is 5.69. The lowest BCUT2D eigenvalue weighted by Gasteiger charge is -2.07. The SMILES string of the molecule is COc1cccc2c(-c3cn(Cc4ccn(CC(=O)C[C@@H]5CCOC5)n4)nn3)nc(N)nc12. The molecule has 2 N–H and O–H groups in total. The van der Waals surface area contributed by atoms with E-state index in [2.05, 4.69) is 25.4 Å². The van der Waals surface area contributed by atoms with Crippen LogP contribution in [0.25, 0.3) is 22.3 Å². The second-order valence-corrected chi connectivity index (χ2v) is 8.07. The van der Waals surface area contributed by atoms with E-state index in [-0.39, 0.29) is 18.3 Å². The summed E-state index contributed by atoms with van der Waals surface area (Å²) in [6.07, 6.45) is 5.07. The Hall–Kier alpha value is -3.86. The zero-order chi connectivity index (χ0) is 22.8. The number of benzene rings is 1. The molecular weight excluding hydrogens is 424 g/mol. The predicted molar refractivity (Wildman–Crippen MR) is 119 cm³/mol. The molecule has 4 aromatic rings.